The van der Waals surface area contributed by atoms with Crippen molar-refractivity contribution in [2.75, 3.05) is 0 Å². The Labute approximate surface area is 140 Å². The van der Waals surface area contributed by atoms with E-state index in [4.69, 9.17) is 30.6 Å². The van der Waals surface area contributed by atoms with E-state index in [0.29, 0.717) is 12.2 Å². The van der Waals surface area contributed by atoms with E-state index in [9.17, 15) is 28.8 Å². The van der Waals surface area contributed by atoms with Gasteiger partial charge in [0.2, 0.25) is 0 Å². The number of carboxylic acids is 6. The number of carboxylic acid groups (broad SMARTS) is 6. The lowest BCUT2D eigenvalue weighted by molar-refractivity contribution is -0.143. The van der Waals surface area contributed by atoms with Crippen molar-refractivity contribution in [1.82, 2.24) is 0 Å². The summed E-state index contributed by atoms with van der Waals surface area (Å²) in [5, 5.41) is 47.5. The van der Waals surface area contributed by atoms with Crippen molar-refractivity contribution in [3.05, 3.63) is 12.2 Å². The predicted octanol–water partition coefficient (Wildman–Crippen LogP) is -0.0265. The molecular weight excluding hydrogens is 348 g/mol. The molecule has 0 bridgehead atoms. The highest BCUT2D eigenvalue weighted by atomic mass is 16.4. The average molecular weight is 366 g/mol. The van der Waals surface area contributed by atoms with Crippen molar-refractivity contribution < 1.29 is 59.4 Å². The molecule has 0 saturated carbocycles. The first-order valence-corrected chi connectivity index (χ1v) is 6.39. The first kappa shape index (κ1) is 26.5. The molecule has 0 fully saturated rings. The second-order valence-corrected chi connectivity index (χ2v) is 3.94. The Balaban J connectivity index is -0.000000291. The van der Waals surface area contributed by atoms with E-state index in [1.165, 1.54) is 0 Å². The van der Waals surface area contributed by atoms with Crippen molar-refractivity contribution in [2.24, 2.45) is 0 Å². The summed E-state index contributed by atoms with van der Waals surface area (Å²) in [7, 11) is 0. The molecule has 12 heteroatoms. The van der Waals surface area contributed by atoms with Gasteiger partial charge in [-0.25, -0.2) is 9.59 Å². The molecule has 0 aromatic rings. The van der Waals surface area contributed by atoms with Gasteiger partial charge in [0, 0.05) is 25.0 Å². The molecule has 142 valence electrons. The minimum absolute atomic E-state index is 0.0632. The molecule has 0 radical (unpaired) electrons. The normalized spacial score (nSPS) is 8.96. The molecule has 0 unspecified atom stereocenters. The molecule has 0 heterocycles. The monoisotopic (exact) mass is 366 g/mol. The van der Waals surface area contributed by atoms with Gasteiger partial charge in [0.15, 0.2) is 0 Å². The van der Waals surface area contributed by atoms with Crippen molar-refractivity contribution in [3.63, 3.8) is 0 Å². The average Bonchev–Trinajstić information content (AvgIpc) is 2.43. The Hall–Kier alpha value is -3.44. The predicted molar refractivity (Wildman–Crippen MR) is 78.0 cm³/mol. The second-order valence-electron chi connectivity index (χ2n) is 3.94. The Morgan fingerprint density at radius 1 is 0.480 bits per heavy atom. The lowest BCUT2D eigenvalue weighted by Crippen LogP contribution is -2.00. The largest absolute Gasteiger partial charge is 0.481 e. The first-order chi connectivity index (χ1) is 11.4. The molecule has 6 N–H and O–H groups in total. The minimum atomic E-state index is -1.26. The van der Waals surface area contributed by atoms with Gasteiger partial charge < -0.3 is 30.6 Å². The summed E-state index contributed by atoms with van der Waals surface area (Å²) in [4.78, 5) is 58.0. The van der Waals surface area contributed by atoms with Gasteiger partial charge in [0.05, 0.1) is 12.8 Å². The third-order valence-corrected chi connectivity index (χ3v) is 1.70. The van der Waals surface area contributed by atoms with Crippen molar-refractivity contribution in [2.45, 2.75) is 32.1 Å². The van der Waals surface area contributed by atoms with E-state index in [0.717, 1.165) is 0 Å². The Morgan fingerprint density at radius 3 is 0.880 bits per heavy atom. The number of aliphatic carboxylic acids is 6. The van der Waals surface area contributed by atoms with Crippen LogP contribution in [-0.2, 0) is 28.8 Å². The molecule has 0 amide bonds. The molecule has 0 aliphatic carbocycles. The van der Waals surface area contributed by atoms with Crippen LogP contribution in [0, 0.1) is 0 Å². The van der Waals surface area contributed by atoms with Crippen LogP contribution in [0.3, 0.4) is 0 Å². The van der Waals surface area contributed by atoms with Gasteiger partial charge in [0.25, 0.3) is 0 Å². The third-order valence-electron chi connectivity index (χ3n) is 1.70. The number of hydrogen-bond donors (Lipinski definition) is 6. The molecule has 0 saturated heterocycles. The fourth-order valence-corrected chi connectivity index (χ4v) is 0.747. The lowest BCUT2D eigenvalue weighted by atomic mass is 10.2. The number of carbonyl (C=O) groups is 6. The van der Waals surface area contributed by atoms with Crippen LogP contribution in [0.15, 0.2) is 12.2 Å². The molecule has 12 nitrogen and oxygen atoms in total. The number of rotatable bonds is 9. The van der Waals surface area contributed by atoms with Crippen LogP contribution in [0.4, 0.5) is 0 Å². The molecule has 0 aromatic heterocycles. The highest BCUT2D eigenvalue weighted by molar-refractivity contribution is 5.89. The maximum Gasteiger partial charge on any atom is 0.328 e. The van der Waals surface area contributed by atoms with Gasteiger partial charge >= 0.3 is 35.8 Å². The zero-order valence-corrected chi connectivity index (χ0v) is 12.8. The summed E-state index contributed by atoms with van der Waals surface area (Å²) < 4.78 is 0. The molecule has 25 heavy (non-hydrogen) atoms. The highest BCUT2D eigenvalue weighted by Gasteiger charge is 2.00. The highest BCUT2D eigenvalue weighted by Crippen LogP contribution is 1.93. The molecular formula is C13H18O12. The molecule has 0 spiro atoms. The summed E-state index contributed by atoms with van der Waals surface area (Å²) in [6, 6.07) is 0. The summed E-state index contributed by atoms with van der Waals surface area (Å²) in [6.07, 6.45) is 0.610. The van der Waals surface area contributed by atoms with E-state index in [1.54, 1.807) is 0 Å². The Morgan fingerprint density at radius 2 is 0.720 bits per heavy atom. The van der Waals surface area contributed by atoms with Crippen LogP contribution < -0.4 is 0 Å². The van der Waals surface area contributed by atoms with Crippen LogP contribution in [0.1, 0.15) is 32.1 Å². The first-order valence-electron chi connectivity index (χ1n) is 6.39. The van der Waals surface area contributed by atoms with Gasteiger partial charge in [-0.05, 0) is 6.42 Å². The van der Waals surface area contributed by atoms with Gasteiger partial charge in [-0.2, -0.15) is 0 Å². The third kappa shape index (κ3) is 44.9. The number of hydrogen-bond acceptors (Lipinski definition) is 6. The lowest BCUT2D eigenvalue weighted by Gasteiger charge is -1.89. The Kier molecular flexibility index (Phi) is 17.9. The van der Waals surface area contributed by atoms with E-state index in [1.807, 2.05) is 0 Å². The minimum Gasteiger partial charge on any atom is -0.481 e. The van der Waals surface area contributed by atoms with Gasteiger partial charge in [-0.3, -0.25) is 19.2 Å². The van der Waals surface area contributed by atoms with Crippen LogP contribution >= 0.6 is 0 Å². The van der Waals surface area contributed by atoms with E-state index in [-0.39, 0.29) is 32.1 Å². The molecule has 0 aromatic carbocycles. The van der Waals surface area contributed by atoms with E-state index < -0.39 is 35.8 Å². The van der Waals surface area contributed by atoms with Gasteiger partial charge in [0.1, 0.15) is 0 Å². The van der Waals surface area contributed by atoms with Crippen molar-refractivity contribution in [1.29, 1.82) is 0 Å². The fourth-order valence-electron chi connectivity index (χ4n) is 0.747. The van der Waals surface area contributed by atoms with Crippen molar-refractivity contribution >= 4 is 35.8 Å². The fraction of sp³-hybridized carbons (Fsp3) is 0.385. The summed E-state index contributed by atoms with van der Waals surface area (Å²) in [5.74, 6) is -6.56. The standard InChI is InChI=1S/C5H8O4.C4H6O4.C4H4O4/c6-4(7)2-1-3-5(8)9;2*5-3(6)1-2-4(7)8/h1-3H2,(H,6,7)(H,8,9);1-2H2,(H,5,6)(H,7,8);1-2H,(H,5,6)(H,7,8)/b;;2-1-. The smallest absolute Gasteiger partial charge is 0.328 e. The zero-order valence-electron chi connectivity index (χ0n) is 12.8. The maximum atomic E-state index is 9.79. The van der Waals surface area contributed by atoms with Crippen LogP contribution in [0.5, 0.6) is 0 Å². The molecule has 0 atom stereocenters. The van der Waals surface area contributed by atoms with Crippen LogP contribution in [-0.4, -0.2) is 66.5 Å². The molecule has 0 aliphatic heterocycles. The van der Waals surface area contributed by atoms with Gasteiger partial charge in [-0.15, -0.1) is 0 Å². The van der Waals surface area contributed by atoms with E-state index in [2.05, 4.69) is 0 Å². The van der Waals surface area contributed by atoms with Gasteiger partial charge in [-0.1, -0.05) is 0 Å². The summed E-state index contributed by atoms with van der Waals surface area (Å²) >= 11 is 0. The van der Waals surface area contributed by atoms with Crippen LogP contribution in [0.25, 0.3) is 0 Å². The SMILES string of the molecule is O=C(O)/C=C\C(=O)O.O=C(O)CCC(=O)O.O=C(O)CCCC(=O)O. The summed E-state index contributed by atoms with van der Waals surface area (Å²) in [6.45, 7) is 0. The molecule has 0 rings (SSSR count). The topological polar surface area (TPSA) is 224 Å². The van der Waals surface area contributed by atoms with Crippen molar-refractivity contribution in [3.8, 4) is 0 Å². The summed E-state index contributed by atoms with van der Waals surface area (Å²) in [5.41, 5.74) is 0. The maximum absolute atomic E-state index is 9.79. The quantitative estimate of drug-likeness (QED) is 0.296. The second kappa shape index (κ2) is 16.9. The zero-order chi connectivity index (χ0) is 20.4. The molecule has 0 aliphatic rings. The Bertz CT molecular complexity index is 461. The van der Waals surface area contributed by atoms with Crippen LogP contribution in [0.2, 0.25) is 0 Å². The van der Waals surface area contributed by atoms with E-state index >= 15 is 0 Å².